The summed E-state index contributed by atoms with van der Waals surface area (Å²) in [6, 6.07) is 6.69. The number of benzene rings is 1. The van der Waals surface area contributed by atoms with Gasteiger partial charge in [-0.05, 0) is 18.1 Å². The molecule has 0 spiro atoms. The standard InChI is InChI=1S/C13H15ClN4O/c1-7(2)10(15)13(19)18-12-11(14)16-8-5-3-4-6-9(8)17-12/h3-7,10H,15H2,1-2H3,(H,17,18,19). The Hall–Kier alpha value is -1.72. The number of halogens is 1. The van der Waals surface area contributed by atoms with Crippen LogP contribution >= 0.6 is 11.6 Å². The molecule has 1 amide bonds. The highest BCUT2D eigenvalue weighted by Crippen LogP contribution is 2.21. The lowest BCUT2D eigenvalue weighted by atomic mass is 10.1. The second-order valence-corrected chi connectivity index (χ2v) is 4.97. The average Bonchev–Trinajstić information content (AvgIpc) is 2.38. The van der Waals surface area contributed by atoms with E-state index in [4.69, 9.17) is 17.3 Å². The van der Waals surface area contributed by atoms with Crippen LogP contribution in [0.2, 0.25) is 5.15 Å². The van der Waals surface area contributed by atoms with Gasteiger partial charge in [-0.2, -0.15) is 0 Å². The molecule has 2 rings (SSSR count). The molecule has 1 atom stereocenters. The molecule has 3 N–H and O–H groups in total. The fourth-order valence-electron chi connectivity index (χ4n) is 1.56. The quantitative estimate of drug-likeness (QED) is 0.902. The summed E-state index contributed by atoms with van der Waals surface area (Å²) in [5, 5.41) is 2.77. The van der Waals surface area contributed by atoms with Gasteiger partial charge in [-0.25, -0.2) is 9.97 Å². The number of nitrogens with one attached hydrogen (secondary N) is 1. The van der Waals surface area contributed by atoms with E-state index in [-0.39, 0.29) is 22.8 Å². The first-order chi connectivity index (χ1) is 8.99. The second-order valence-electron chi connectivity index (χ2n) is 4.61. The Morgan fingerprint density at radius 3 is 2.42 bits per heavy atom. The minimum Gasteiger partial charge on any atom is -0.320 e. The Kier molecular flexibility index (Phi) is 3.97. The Morgan fingerprint density at radius 2 is 1.84 bits per heavy atom. The first-order valence-corrected chi connectivity index (χ1v) is 6.35. The molecule has 6 heteroatoms. The van der Waals surface area contributed by atoms with E-state index in [1.807, 2.05) is 26.0 Å². The number of nitrogens with two attached hydrogens (primary N) is 1. The molecule has 0 bridgehead atoms. The van der Waals surface area contributed by atoms with Crippen molar-refractivity contribution in [1.82, 2.24) is 9.97 Å². The first kappa shape index (κ1) is 13.7. The fraction of sp³-hybridized carbons (Fsp3) is 0.308. The number of hydrogen-bond donors (Lipinski definition) is 2. The van der Waals surface area contributed by atoms with Crippen LogP contribution in [0, 0.1) is 5.92 Å². The molecule has 0 fully saturated rings. The van der Waals surface area contributed by atoms with Crippen LogP contribution in [0.25, 0.3) is 11.0 Å². The smallest absolute Gasteiger partial charge is 0.242 e. The van der Waals surface area contributed by atoms with Crippen LogP contribution in [0.1, 0.15) is 13.8 Å². The molecular formula is C13H15ClN4O. The predicted octanol–water partition coefficient (Wildman–Crippen LogP) is 2.21. The van der Waals surface area contributed by atoms with Gasteiger partial charge in [0.15, 0.2) is 11.0 Å². The average molecular weight is 279 g/mol. The van der Waals surface area contributed by atoms with Crippen LogP contribution in [0.3, 0.4) is 0 Å². The van der Waals surface area contributed by atoms with Crippen LogP contribution in [0.4, 0.5) is 5.82 Å². The second kappa shape index (κ2) is 5.50. The summed E-state index contributed by atoms with van der Waals surface area (Å²) in [6.07, 6.45) is 0. The fourth-order valence-corrected chi connectivity index (χ4v) is 1.74. The monoisotopic (exact) mass is 278 g/mol. The molecule has 0 aliphatic rings. The van der Waals surface area contributed by atoms with E-state index in [1.54, 1.807) is 12.1 Å². The van der Waals surface area contributed by atoms with Gasteiger partial charge in [-0.15, -0.1) is 0 Å². The number of rotatable bonds is 3. The largest absolute Gasteiger partial charge is 0.320 e. The minimum absolute atomic E-state index is 0.0344. The summed E-state index contributed by atoms with van der Waals surface area (Å²) < 4.78 is 0. The van der Waals surface area contributed by atoms with Crippen molar-refractivity contribution in [3.8, 4) is 0 Å². The highest BCUT2D eigenvalue weighted by molar-refractivity contribution is 6.32. The van der Waals surface area contributed by atoms with Gasteiger partial charge >= 0.3 is 0 Å². The predicted molar refractivity (Wildman–Crippen MR) is 76.0 cm³/mol. The molecule has 5 nitrogen and oxygen atoms in total. The van der Waals surface area contributed by atoms with Gasteiger partial charge in [0.2, 0.25) is 5.91 Å². The van der Waals surface area contributed by atoms with Crippen molar-refractivity contribution >= 4 is 34.4 Å². The van der Waals surface area contributed by atoms with Gasteiger partial charge in [0, 0.05) is 0 Å². The zero-order valence-electron chi connectivity index (χ0n) is 10.7. The summed E-state index contributed by atoms with van der Waals surface area (Å²) in [7, 11) is 0. The number of carbonyl (C=O) groups is 1. The van der Waals surface area contributed by atoms with Gasteiger partial charge in [0.25, 0.3) is 0 Å². The molecular weight excluding hydrogens is 264 g/mol. The molecule has 0 saturated heterocycles. The maximum Gasteiger partial charge on any atom is 0.242 e. The van der Waals surface area contributed by atoms with Gasteiger partial charge in [-0.3, -0.25) is 4.79 Å². The summed E-state index contributed by atoms with van der Waals surface area (Å²) in [4.78, 5) is 20.3. The first-order valence-electron chi connectivity index (χ1n) is 5.97. The number of aromatic nitrogens is 2. The summed E-state index contributed by atoms with van der Waals surface area (Å²) in [5.41, 5.74) is 7.11. The molecule has 2 aromatic rings. The number of fused-ring (bicyclic) bond motifs is 1. The van der Waals surface area contributed by atoms with E-state index in [2.05, 4.69) is 15.3 Å². The van der Waals surface area contributed by atoms with E-state index in [9.17, 15) is 4.79 Å². The van der Waals surface area contributed by atoms with Crippen LogP contribution in [0.15, 0.2) is 24.3 Å². The maximum absolute atomic E-state index is 11.9. The molecule has 1 heterocycles. The van der Waals surface area contributed by atoms with Crippen molar-refractivity contribution in [2.75, 3.05) is 5.32 Å². The highest BCUT2D eigenvalue weighted by Gasteiger charge is 2.19. The van der Waals surface area contributed by atoms with Crippen LogP contribution in [0.5, 0.6) is 0 Å². The molecule has 1 aromatic carbocycles. The third kappa shape index (κ3) is 3.00. The number of amides is 1. The lowest BCUT2D eigenvalue weighted by molar-refractivity contribution is -0.118. The van der Waals surface area contributed by atoms with Crippen LogP contribution in [-0.4, -0.2) is 21.9 Å². The maximum atomic E-state index is 11.9. The highest BCUT2D eigenvalue weighted by atomic mass is 35.5. The molecule has 0 saturated carbocycles. The van der Waals surface area contributed by atoms with Crippen molar-refractivity contribution in [2.24, 2.45) is 11.7 Å². The molecule has 0 aliphatic carbocycles. The van der Waals surface area contributed by atoms with Gasteiger partial charge in [-0.1, -0.05) is 37.6 Å². The van der Waals surface area contributed by atoms with Crippen molar-refractivity contribution in [3.05, 3.63) is 29.4 Å². The normalized spacial score (nSPS) is 12.7. The third-order valence-electron chi connectivity index (χ3n) is 2.79. The molecule has 19 heavy (non-hydrogen) atoms. The third-order valence-corrected chi connectivity index (χ3v) is 3.05. The Labute approximate surface area is 116 Å². The number of para-hydroxylation sites is 2. The summed E-state index contributed by atoms with van der Waals surface area (Å²) in [5.74, 6) is -0.0462. The lowest BCUT2D eigenvalue weighted by Crippen LogP contribution is -2.40. The molecule has 1 aromatic heterocycles. The number of nitrogens with zero attached hydrogens (tertiary/aromatic N) is 2. The number of anilines is 1. The lowest BCUT2D eigenvalue weighted by Gasteiger charge is -2.15. The molecule has 0 aliphatic heterocycles. The molecule has 1 unspecified atom stereocenters. The zero-order chi connectivity index (χ0) is 14.0. The zero-order valence-corrected chi connectivity index (χ0v) is 11.5. The SMILES string of the molecule is CC(C)C(N)C(=O)Nc1nc2ccccc2nc1Cl. The Bertz CT molecular complexity index is 615. The van der Waals surface area contributed by atoms with E-state index in [1.165, 1.54) is 0 Å². The van der Waals surface area contributed by atoms with Gasteiger partial charge in [0.05, 0.1) is 17.1 Å². The summed E-state index contributed by atoms with van der Waals surface area (Å²) >= 11 is 6.00. The Balaban J connectivity index is 2.30. The summed E-state index contributed by atoms with van der Waals surface area (Å²) in [6.45, 7) is 3.75. The molecule has 100 valence electrons. The molecule has 0 radical (unpaired) electrons. The van der Waals surface area contributed by atoms with Crippen molar-refractivity contribution in [1.29, 1.82) is 0 Å². The van der Waals surface area contributed by atoms with Crippen LogP contribution < -0.4 is 11.1 Å². The number of carbonyl (C=O) groups excluding carboxylic acids is 1. The van der Waals surface area contributed by atoms with E-state index < -0.39 is 6.04 Å². The minimum atomic E-state index is -0.607. The number of hydrogen-bond acceptors (Lipinski definition) is 4. The van der Waals surface area contributed by atoms with E-state index in [0.717, 1.165) is 0 Å². The van der Waals surface area contributed by atoms with Gasteiger partial charge in [0.1, 0.15) is 0 Å². The van der Waals surface area contributed by atoms with E-state index in [0.29, 0.717) is 11.0 Å². The van der Waals surface area contributed by atoms with E-state index >= 15 is 0 Å². The van der Waals surface area contributed by atoms with Crippen LogP contribution in [-0.2, 0) is 4.79 Å². The van der Waals surface area contributed by atoms with Crippen molar-refractivity contribution in [2.45, 2.75) is 19.9 Å². The van der Waals surface area contributed by atoms with Crippen molar-refractivity contribution < 1.29 is 4.79 Å². The van der Waals surface area contributed by atoms with Gasteiger partial charge < -0.3 is 11.1 Å². The van der Waals surface area contributed by atoms with Crippen molar-refractivity contribution in [3.63, 3.8) is 0 Å². The Morgan fingerprint density at radius 1 is 1.26 bits per heavy atom. The topological polar surface area (TPSA) is 80.9 Å².